The molecule has 1 rings (SSSR count). The minimum absolute atomic E-state index is 0.0968. The minimum atomic E-state index is -4.57. The number of ether oxygens (including phenoxy) is 1. The second-order valence-electron chi connectivity index (χ2n) is 4.14. The Labute approximate surface area is 127 Å². The molecule has 0 radical (unpaired) electrons. The molecule has 0 aliphatic heterocycles. The number of oxime groups is 1. The first-order chi connectivity index (χ1) is 10.2. The van der Waals surface area contributed by atoms with Crippen LogP contribution in [0.15, 0.2) is 23.4 Å². The van der Waals surface area contributed by atoms with Gasteiger partial charge in [-0.2, -0.15) is 8.42 Å². The van der Waals surface area contributed by atoms with Crippen LogP contribution in [0.2, 0.25) is 0 Å². The topological polar surface area (TPSA) is 108 Å². The Kier molecular flexibility index (Phi) is 5.63. The maximum Gasteiger partial charge on any atom is 0.375 e. The summed E-state index contributed by atoms with van der Waals surface area (Å²) in [5.74, 6) is -1.59. The van der Waals surface area contributed by atoms with Crippen molar-refractivity contribution < 1.29 is 31.8 Å². The molecule has 8 nitrogen and oxygen atoms in total. The van der Waals surface area contributed by atoms with Crippen LogP contribution < -0.4 is 4.18 Å². The molecule has 0 spiro atoms. The van der Waals surface area contributed by atoms with E-state index in [0.717, 1.165) is 14.2 Å². The monoisotopic (exact) mass is 329 g/mol. The van der Waals surface area contributed by atoms with Crippen molar-refractivity contribution in [3.05, 3.63) is 29.3 Å². The third kappa shape index (κ3) is 4.04. The number of carbonyl (C=O) groups excluding carboxylic acids is 2. The Morgan fingerprint density at radius 3 is 2.32 bits per heavy atom. The summed E-state index contributed by atoms with van der Waals surface area (Å²) < 4.78 is 33.4. The van der Waals surface area contributed by atoms with Crippen molar-refractivity contribution in [1.82, 2.24) is 0 Å². The second-order valence-corrected chi connectivity index (χ2v) is 5.61. The van der Waals surface area contributed by atoms with Crippen LogP contribution in [-0.2, 0) is 24.5 Å². The molecule has 0 unspecified atom stereocenters. The number of esters is 1. The van der Waals surface area contributed by atoms with Crippen LogP contribution in [0.3, 0.4) is 0 Å². The third-order valence-corrected chi connectivity index (χ3v) is 3.68. The normalized spacial score (nSPS) is 11.7. The molecule has 0 aromatic heterocycles. The van der Waals surface area contributed by atoms with Gasteiger partial charge in [0.25, 0.3) is 0 Å². The van der Waals surface area contributed by atoms with Gasteiger partial charge in [0.05, 0.1) is 7.11 Å². The van der Waals surface area contributed by atoms with Gasteiger partial charge < -0.3 is 13.8 Å². The Bertz CT molecular complexity index is 722. The van der Waals surface area contributed by atoms with Crippen molar-refractivity contribution in [2.24, 2.45) is 5.16 Å². The molecule has 0 saturated heterocycles. The molecule has 0 N–H and O–H groups in total. The lowest BCUT2D eigenvalue weighted by molar-refractivity contribution is -0.132. The zero-order valence-corrected chi connectivity index (χ0v) is 13.3. The van der Waals surface area contributed by atoms with E-state index in [4.69, 9.17) is 4.18 Å². The van der Waals surface area contributed by atoms with Crippen molar-refractivity contribution in [2.45, 2.75) is 13.8 Å². The van der Waals surface area contributed by atoms with Gasteiger partial charge >= 0.3 is 21.1 Å². The Hall–Kier alpha value is -2.42. The summed E-state index contributed by atoms with van der Waals surface area (Å²) in [4.78, 5) is 27.1. The molecule has 9 heteroatoms. The fraction of sp³-hybridized carbons (Fsp3) is 0.308. The number of rotatable bonds is 4. The third-order valence-electron chi connectivity index (χ3n) is 2.57. The molecule has 0 bridgehead atoms. The van der Waals surface area contributed by atoms with Crippen LogP contribution in [0.1, 0.15) is 22.8 Å². The molecule has 0 aliphatic rings. The van der Waals surface area contributed by atoms with E-state index < -0.39 is 21.1 Å². The quantitative estimate of drug-likeness (QED) is 0.203. The first-order valence-electron chi connectivity index (χ1n) is 5.98. The van der Waals surface area contributed by atoms with E-state index in [-0.39, 0.29) is 17.1 Å². The van der Waals surface area contributed by atoms with Crippen molar-refractivity contribution in [1.29, 1.82) is 0 Å². The lowest BCUT2D eigenvalue weighted by Gasteiger charge is -2.10. The maximum absolute atomic E-state index is 12.1. The number of hydrogen-bond donors (Lipinski definition) is 0. The highest BCUT2D eigenvalue weighted by Gasteiger charge is 2.32. The lowest BCUT2D eigenvalue weighted by Crippen LogP contribution is -2.30. The van der Waals surface area contributed by atoms with Crippen LogP contribution in [0.25, 0.3) is 0 Å². The van der Waals surface area contributed by atoms with E-state index in [0.29, 0.717) is 5.56 Å². The van der Waals surface area contributed by atoms with Gasteiger partial charge in [-0.05, 0) is 25.5 Å². The molecule has 0 fully saturated rings. The zero-order valence-electron chi connectivity index (χ0n) is 12.4. The maximum atomic E-state index is 12.1. The van der Waals surface area contributed by atoms with Crippen LogP contribution in [0, 0.1) is 6.92 Å². The van der Waals surface area contributed by atoms with E-state index in [2.05, 4.69) is 14.7 Å². The number of hydrogen-bond acceptors (Lipinski definition) is 8. The Balaban J connectivity index is 3.27. The number of nitrogens with zero attached hydrogens (tertiary/aromatic N) is 1. The SMILES string of the molecule is CON=C(C(=O)OC)S(=O)(=O)Oc1cc(C(C)=O)ccc1C. The summed E-state index contributed by atoms with van der Waals surface area (Å²) in [7, 11) is -2.51. The van der Waals surface area contributed by atoms with E-state index in [1.807, 2.05) is 0 Å². The molecule has 0 heterocycles. The van der Waals surface area contributed by atoms with Crippen molar-refractivity contribution in [3.63, 3.8) is 0 Å². The van der Waals surface area contributed by atoms with E-state index in [1.165, 1.54) is 25.1 Å². The number of ketones is 1. The molecule has 120 valence electrons. The van der Waals surface area contributed by atoms with Crippen molar-refractivity contribution >= 4 is 26.9 Å². The summed E-state index contributed by atoms with van der Waals surface area (Å²) in [6, 6.07) is 4.31. The van der Waals surface area contributed by atoms with Gasteiger partial charge in [0.2, 0.25) is 0 Å². The summed E-state index contributed by atoms with van der Waals surface area (Å²) in [6.07, 6.45) is 0. The van der Waals surface area contributed by atoms with Gasteiger partial charge in [0, 0.05) is 5.56 Å². The molecule has 0 atom stereocenters. The van der Waals surface area contributed by atoms with E-state index in [9.17, 15) is 18.0 Å². The van der Waals surface area contributed by atoms with Crippen LogP contribution in [0.5, 0.6) is 5.75 Å². The van der Waals surface area contributed by atoms with Gasteiger partial charge in [-0.1, -0.05) is 17.3 Å². The van der Waals surface area contributed by atoms with Gasteiger partial charge in [0.15, 0.2) is 5.78 Å². The highest BCUT2D eigenvalue weighted by atomic mass is 32.2. The molecule has 0 amide bonds. The molecule has 0 aliphatic carbocycles. The van der Waals surface area contributed by atoms with E-state index in [1.54, 1.807) is 6.92 Å². The second kappa shape index (κ2) is 7.03. The largest absolute Gasteiger partial charge is 0.464 e. The summed E-state index contributed by atoms with van der Waals surface area (Å²) in [5, 5.41) is 2.08. The smallest absolute Gasteiger partial charge is 0.375 e. The Morgan fingerprint density at radius 1 is 1.18 bits per heavy atom. The molecule has 0 saturated carbocycles. The van der Waals surface area contributed by atoms with Gasteiger partial charge in [-0.15, -0.1) is 0 Å². The zero-order chi connectivity index (χ0) is 16.9. The highest BCUT2D eigenvalue weighted by molar-refractivity contribution is 8.04. The van der Waals surface area contributed by atoms with Crippen LogP contribution in [0.4, 0.5) is 0 Å². The minimum Gasteiger partial charge on any atom is -0.464 e. The van der Waals surface area contributed by atoms with Gasteiger partial charge in [-0.25, -0.2) is 4.79 Å². The lowest BCUT2D eigenvalue weighted by atomic mass is 10.1. The highest BCUT2D eigenvalue weighted by Crippen LogP contribution is 2.22. The van der Waals surface area contributed by atoms with Crippen molar-refractivity contribution in [2.75, 3.05) is 14.2 Å². The predicted octanol–water partition coefficient (Wildman–Crippen LogP) is 1.04. The summed E-state index contributed by atoms with van der Waals surface area (Å²) in [5.41, 5.74) is 0.717. The van der Waals surface area contributed by atoms with Gasteiger partial charge in [0.1, 0.15) is 12.9 Å². The molecule has 22 heavy (non-hydrogen) atoms. The predicted molar refractivity (Wildman–Crippen MR) is 77.2 cm³/mol. The number of benzene rings is 1. The number of Topliss-reactive ketones (excluding diaryl/α,β-unsaturated/α-hetero) is 1. The van der Waals surface area contributed by atoms with Crippen molar-refractivity contribution in [3.8, 4) is 5.75 Å². The van der Waals surface area contributed by atoms with Crippen LogP contribution in [-0.4, -0.2) is 39.4 Å². The number of carbonyl (C=O) groups is 2. The molecular formula is C13H15NO7S. The fourth-order valence-electron chi connectivity index (χ4n) is 1.42. The summed E-state index contributed by atoms with van der Waals surface area (Å²) >= 11 is 0. The molecule has 1 aromatic rings. The first kappa shape index (κ1) is 17.6. The van der Waals surface area contributed by atoms with Crippen LogP contribution >= 0.6 is 0 Å². The number of aryl methyl sites for hydroxylation is 1. The summed E-state index contributed by atoms with van der Waals surface area (Å²) in [6.45, 7) is 2.91. The first-order valence-corrected chi connectivity index (χ1v) is 7.39. The average molecular weight is 329 g/mol. The Morgan fingerprint density at radius 2 is 1.82 bits per heavy atom. The van der Waals surface area contributed by atoms with E-state index >= 15 is 0 Å². The molecular weight excluding hydrogens is 314 g/mol. The average Bonchev–Trinajstić information content (AvgIpc) is 2.45. The molecule has 1 aromatic carbocycles. The fourth-order valence-corrected chi connectivity index (χ4v) is 2.37. The standard InChI is InChI=1S/C13H15NO7S/c1-8-5-6-10(9(2)15)7-11(8)21-22(17,18)12(14-20-4)13(16)19-3/h5-7H,1-4H3. The van der Waals surface area contributed by atoms with Gasteiger partial charge in [-0.3, -0.25) is 4.79 Å². The number of methoxy groups -OCH3 is 1.